The third-order valence-electron chi connectivity index (χ3n) is 2.30. The molecule has 0 aromatic heterocycles. The molecule has 0 aliphatic carbocycles. The van der Waals surface area contributed by atoms with Crippen LogP contribution in [0.5, 0.6) is 0 Å². The minimum Gasteiger partial charge on any atom is -0.372 e. The number of benzene rings is 1. The summed E-state index contributed by atoms with van der Waals surface area (Å²) in [5.41, 5.74) is 1.21. The van der Waals surface area contributed by atoms with Gasteiger partial charge in [0.2, 0.25) is 0 Å². The van der Waals surface area contributed by atoms with Gasteiger partial charge in [-0.15, -0.1) is 0 Å². The molecular weight excluding hydrogens is 266 g/mol. The molecule has 0 amide bonds. The van der Waals surface area contributed by atoms with E-state index >= 15 is 0 Å². The molecule has 16 heavy (non-hydrogen) atoms. The summed E-state index contributed by atoms with van der Waals surface area (Å²) in [5.74, 6) is 0. The van der Waals surface area contributed by atoms with Gasteiger partial charge in [-0.2, -0.15) is 0 Å². The van der Waals surface area contributed by atoms with Crippen molar-refractivity contribution in [2.45, 2.75) is 32.9 Å². The zero-order valence-electron chi connectivity index (χ0n) is 10.2. The largest absolute Gasteiger partial charge is 0.372 e. The monoisotopic (exact) mass is 285 g/mol. The van der Waals surface area contributed by atoms with Crippen molar-refractivity contribution in [2.75, 3.05) is 13.2 Å². The number of halogens is 1. The number of hydrogen-bond acceptors (Lipinski definition) is 2. The molecule has 1 rings (SSSR count). The molecule has 0 heterocycles. The van der Waals surface area contributed by atoms with Gasteiger partial charge in [-0.3, -0.25) is 0 Å². The molecule has 90 valence electrons. The van der Waals surface area contributed by atoms with Crippen LogP contribution in [0.3, 0.4) is 0 Å². The first-order chi connectivity index (χ1) is 7.63. The smallest absolute Gasteiger partial charge is 0.0949 e. The van der Waals surface area contributed by atoms with E-state index in [1.165, 1.54) is 5.56 Å². The Labute approximate surface area is 107 Å². The molecule has 0 saturated carbocycles. The number of rotatable bonds is 6. The standard InChI is InChI=1S/C13H20BrNO/c1-4-16-13(9-15-10(2)3)11-6-5-7-12(14)8-11/h5-8,10,13,15H,4,9H2,1-3H3. The van der Waals surface area contributed by atoms with E-state index in [0.717, 1.165) is 17.6 Å². The van der Waals surface area contributed by atoms with Gasteiger partial charge in [0.25, 0.3) is 0 Å². The molecule has 0 aliphatic rings. The molecule has 1 atom stereocenters. The Balaban J connectivity index is 2.68. The van der Waals surface area contributed by atoms with E-state index in [-0.39, 0.29) is 6.10 Å². The van der Waals surface area contributed by atoms with Crippen molar-refractivity contribution in [3.05, 3.63) is 34.3 Å². The van der Waals surface area contributed by atoms with Crippen LogP contribution in [-0.2, 0) is 4.74 Å². The van der Waals surface area contributed by atoms with Crippen LogP contribution in [0.1, 0.15) is 32.4 Å². The fraction of sp³-hybridized carbons (Fsp3) is 0.538. The minimum atomic E-state index is 0.130. The van der Waals surface area contributed by atoms with Crippen molar-refractivity contribution in [1.82, 2.24) is 5.32 Å². The molecule has 1 aromatic rings. The summed E-state index contributed by atoms with van der Waals surface area (Å²) in [6.45, 7) is 7.90. The Morgan fingerprint density at radius 3 is 2.69 bits per heavy atom. The van der Waals surface area contributed by atoms with Gasteiger partial charge in [-0.25, -0.2) is 0 Å². The SMILES string of the molecule is CCOC(CNC(C)C)c1cccc(Br)c1. The molecule has 2 nitrogen and oxygen atoms in total. The lowest BCUT2D eigenvalue weighted by Crippen LogP contribution is -2.29. The first-order valence-electron chi connectivity index (χ1n) is 5.74. The summed E-state index contributed by atoms with van der Waals surface area (Å²) in [4.78, 5) is 0. The van der Waals surface area contributed by atoms with Crippen LogP contribution in [-0.4, -0.2) is 19.2 Å². The van der Waals surface area contributed by atoms with Crippen LogP contribution < -0.4 is 5.32 Å². The highest BCUT2D eigenvalue weighted by atomic mass is 79.9. The first kappa shape index (κ1) is 13.7. The lowest BCUT2D eigenvalue weighted by atomic mass is 10.1. The van der Waals surface area contributed by atoms with Crippen molar-refractivity contribution < 1.29 is 4.74 Å². The van der Waals surface area contributed by atoms with E-state index in [1.807, 2.05) is 19.1 Å². The van der Waals surface area contributed by atoms with E-state index < -0.39 is 0 Å². The average Bonchev–Trinajstić information content (AvgIpc) is 2.24. The molecule has 0 radical (unpaired) electrons. The lowest BCUT2D eigenvalue weighted by Gasteiger charge is -2.19. The number of ether oxygens (including phenoxy) is 1. The Bertz CT molecular complexity index is 315. The summed E-state index contributed by atoms with van der Waals surface area (Å²) >= 11 is 3.49. The van der Waals surface area contributed by atoms with Crippen molar-refractivity contribution >= 4 is 15.9 Å². The summed E-state index contributed by atoms with van der Waals surface area (Å²) in [6.07, 6.45) is 0.130. The third kappa shape index (κ3) is 4.64. The van der Waals surface area contributed by atoms with E-state index in [0.29, 0.717) is 6.04 Å². The summed E-state index contributed by atoms with van der Waals surface area (Å²) in [6, 6.07) is 8.77. The predicted molar refractivity (Wildman–Crippen MR) is 71.6 cm³/mol. The van der Waals surface area contributed by atoms with Crippen LogP contribution >= 0.6 is 15.9 Å². The van der Waals surface area contributed by atoms with Gasteiger partial charge >= 0.3 is 0 Å². The number of nitrogens with one attached hydrogen (secondary N) is 1. The van der Waals surface area contributed by atoms with E-state index in [1.54, 1.807) is 0 Å². The number of hydrogen-bond donors (Lipinski definition) is 1. The maximum Gasteiger partial charge on any atom is 0.0949 e. The molecule has 1 unspecified atom stereocenters. The molecule has 3 heteroatoms. The van der Waals surface area contributed by atoms with Crippen LogP contribution in [0.2, 0.25) is 0 Å². The Morgan fingerprint density at radius 2 is 2.12 bits per heavy atom. The average molecular weight is 286 g/mol. The van der Waals surface area contributed by atoms with Crippen LogP contribution in [0.4, 0.5) is 0 Å². The van der Waals surface area contributed by atoms with E-state index in [2.05, 4.69) is 47.2 Å². The molecular formula is C13H20BrNO. The Kier molecular flexibility index (Phi) is 6.03. The molecule has 0 fully saturated rings. The highest BCUT2D eigenvalue weighted by Gasteiger charge is 2.11. The van der Waals surface area contributed by atoms with Gasteiger partial charge in [-0.05, 0) is 24.6 Å². The van der Waals surface area contributed by atoms with Gasteiger partial charge in [0.15, 0.2) is 0 Å². The van der Waals surface area contributed by atoms with Crippen molar-refractivity contribution in [3.63, 3.8) is 0 Å². The van der Waals surface area contributed by atoms with Crippen LogP contribution in [0, 0.1) is 0 Å². The van der Waals surface area contributed by atoms with Crippen molar-refractivity contribution in [1.29, 1.82) is 0 Å². The van der Waals surface area contributed by atoms with Gasteiger partial charge < -0.3 is 10.1 Å². The fourth-order valence-corrected chi connectivity index (χ4v) is 1.94. The summed E-state index contributed by atoms with van der Waals surface area (Å²) in [7, 11) is 0. The van der Waals surface area contributed by atoms with Crippen LogP contribution in [0.15, 0.2) is 28.7 Å². The van der Waals surface area contributed by atoms with Gasteiger partial charge in [0.1, 0.15) is 0 Å². The molecule has 0 bridgehead atoms. The highest BCUT2D eigenvalue weighted by Crippen LogP contribution is 2.20. The van der Waals surface area contributed by atoms with Gasteiger partial charge in [-0.1, -0.05) is 41.9 Å². The maximum atomic E-state index is 5.75. The van der Waals surface area contributed by atoms with Gasteiger partial charge in [0.05, 0.1) is 6.10 Å². The molecule has 1 N–H and O–H groups in total. The zero-order chi connectivity index (χ0) is 12.0. The zero-order valence-corrected chi connectivity index (χ0v) is 11.8. The second kappa shape index (κ2) is 7.05. The normalized spacial score (nSPS) is 13.1. The topological polar surface area (TPSA) is 21.3 Å². The van der Waals surface area contributed by atoms with Crippen molar-refractivity contribution in [3.8, 4) is 0 Å². The highest BCUT2D eigenvalue weighted by molar-refractivity contribution is 9.10. The molecule has 0 spiro atoms. The van der Waals surface area contributed by atoms with Crippen molar-refractivity contribution in [2.24, 2.45) is 0 Å². The maximum absolute atomic E-state index is 5.75. The Hall–Kier alpha value is -0.380. The molecule has 0 saturated heterocycles. The fourth-order valence-electron chi connectivity index (χ4n) is 1.52. The van der Waals surface area contributed by atoms with Gasteiger partial charge in [0, 0.05) is 23.7 Å². The lowest BCUT2D eigenvalue weighted by molar-refractivity contribution is 0.0609. The third-order valence-corrected chi connectivity index (χ3v) is 2.79. The van der Waals surface area contributed by atoms with E-state index in [9.17, 15) is 0 Å². The quantitative estimate of drug-likeness (QED) is 0.864. The Morgan fingerprint density at radius 1 is 1.38 bits per heavy atom. The minimum absolute atomic E-state index is 0.130. The van der Waals surface area contributed by atoms with Crippen LogP contribution in [0.25, 0.3) is 0 Å². The summed E-state index contributed by atoms with van der Waals surface area (Å²) < 4.78 is 6.85. The molecule has 1 aromatic carbocycles. The summed E-state index contributed by atoms with van der Waals surface area (Å²) in [5, 5.41) is 3.41. The first-order valence-corrected chi connectivity index (χ1v) is 6.53. The molecule has 0 aliphatic heterocycles. The van der Waals surface area contributed by atoms with E-state index in [4.69, 9.17) is 4.74 Å². The second-order valence-corrected chi connectivity index (χ2v) is 4.98. The second-order valence-electron chi connectivity index (χ2n) is 4.06. The predicted octanol–water partition coefficient (Wildman–Crippen LogP) is 3.52.